The van der Waals surface area contributed by atoms with Gasteiger partial charge in [0.1, 0.15) is 6.10 Å². The van der Waals surface area contributed by atoms with Gasteiger partial charge >= 0.3 is 0 Å². The zero-order valence-electron chi connectivity index (χ0n) is 13.0. The number of hydrogen-bond donors (Lipinski definition) is 1. The summed E-state index contributed by atoms with van der Waals surface area (Å²) in [7, 11) is 0. The van der Waals surface area contributed by atoms with Gasteiger partial charge in [0.2, 0.25) is 0 Å². The molecular weight excluding hydrogens is 270 g/mol. The number of rotatable bonds is 2. The molecule has 0 fully saturated rings. The van der Waals surface area contributed by atoms with Crippen LogP contribution in [0, 0.1) is 46.3 Å². The molecule has 0 heterocycles. The molecule has 0 spiro atoms. The van der Waals surface area contributed by atoms with Crippen LogP contribution in [-0.2, 0) is 0 Å². The van der Waals surface area contributed by atoms with E-state index in [0.29, 0.717) is 5.56 Å². The molecule has 112 valence electrons. The average Bonchev–Trinajstić information content (AvgIpc) is 2.46. The van der Waals surface area contributed by atoms with Crippen molar-refractivity contribution in [1.29, 1.82) is 0 Å². The fraction of sp³-hybridized carbons (Fsp3) is 0.333. The minimum absolute atomic E-state index is 0.364. The SMILES string of the molecule is Cc1c(C)c(C)c(C(O)c2ccc(F)c(F)c2)c(C)c1C. The Bertz CT molecular complexity index is 676. The summed E-state index contributed by atoms with van der Waals surface area (Å²) >= 11 is 0. The molecule has 21 heavy (non-hydrogen) atoms. The first-order valence-corrected chi connectivity index (χ1v) is 6.95. The van der Waals surface area contributed by atoms with E-state index in [1.165, 1.54) is 11.6 Å². The molecule has 0 saturated carbocycles. The summed E-state index contributed by atoms with van der Waals surface area (Å²) in [5.74, 6) is -1.85. The first kappa shape index (κ1) is 15.6. The van der Waals surface area contributed by atoms with Gasteiger partial charge in [-0.05, 0) is 85.7 Å². The molecule has 0 aliphatic heterocycles. The maximum absolute atomic E-state index is 13.4. The van der Waals surface area contributed by atoms with Gasteiger partial charge in [0.25, 0.3) is 0 Å². The van der Waals surface area contributed by atoms with E-state index in [2.05, 4.69) is 6.92 Å². The number of aliphatic hydroxyl groups excluding tert-OH is 1. The smallest absolute Gasteiger partial charge is 0.159 e. The van der Waals surface area contributed by atoms with Gasteiger partial charge in [-0.15, -0.1) is 0 Å². The van der Waals surface area contributed by atoms with E-state index in [1.54, 1.807) is 0 Å². The maximum Gasteiger partial charge on any atom is 0.159 e. The van der Waals surface area contributed by atoms with Gasteiger partial charge in [0.15, 0.2) is 11.6 Å². The van der Waals surface area contributed by atoms with Gasteiger partial charge in [0.05, 0.1) is 0 Å². The van der Waals surface area contributed by atoms with Gasteiger partial charge in [0, 0.05) is 0 Å². The van der Waals surface area contributed by atoms with Crippen LogP contribution in [0.25, 0.3) is 0 Å². The summed E-state index contributed by atoms with van der Waals surface area (Å²) in [6, 6.07) is 3.53. The van der Waals surface area contributed by atoms with Crippen molar-refractivity contribution in [2.75, 3.05) is 0 Å². The van der Waals surface area contributed by atoms with Crippen molar-refractivity contribution in [1.82, 2.24) is 0 Å². The fourth-order valence-electron chi connectivity index (χ4n) is 2.79. The van der Waals surface area contributed by atoms with Gasteiger partial charge in [-0.2, -0.15) is 0 Å². The summed E-state index contributed by atoms with van der Waals surface area (Å²) in [6.45, 7) is 9.98. The van der Waals surface area contributed by atoms with Crippen LogP contribution in [0.15, 0.2) is 18.2 Å². The van der Waals surface area contributed by atoms with E-state index in [9.17, 15) is 13.9 Å². The summed E-state index contributed by atoms with van der Waals surface area (Å²) in [5.41, 5.74) is 6.57. The summed E-state index contributed by atoms with van der Waals surface area (Å²) in [4.78, 5) is 0. The molecule has 1 N–H and O–H groups in total. The Labute approximate surface area is 124 Å². The summed E-state index contributed by atoms with van der Waals surface area (Å²) in [6.07, 6.45) is -0.960. The molecule has 1 unspecified atom stereocenters. The van der Waals surface area contributed by atoms with E-state index >= 15 is 0 Å². The van der Waals surface area contributed by atoms with Crippen molar-refractivity contribution < 1.29 is 13.9 Å². The number of aliphatic hydroxyl groups is 1. The molecule has 0 aliphatic carbocycles. The summed E-state index contributed by atoms with van der Waals surface area (Å²) in [5, 5.41) is 10.6. The highest BCUT2D eigenvalue weighted by atomic mass is 19.2. The van der Waals surface area contributed by atoms with Gasteiger partial charge < -0.3 is 5.11 Å². The lowest BCUT2D eigenvalue weighted by Crippen LogP contribution is -2.09. The van der Waals surface area contributed by atoms with Crippen LogP contribution >= 0.6 is 0 Å². The zero-order chi connectivity index (χ0) is 15.9. The van der Waals surface area contributed by atoms with E-state index in [0.717, 1.165) is 39.9 Å². The number of halogens is 2. The monoisotopic (exact) mass is 290 g/mol. The lowest BCUT2D eigenvalue weighted by molar-refractivity contribution is 0.217. The van der Waals surface area contributed by atoms with Crippen LogP contribution in [0.2, 0.25) is 0 Å². The van der Waals surface area contributed by atoms with Crippen molar-refractivity contribution in [2.45, 2.75) is 40.7 Å². The quantitative estimate of drug-likeness (QED) is 0.857. The highest BCUT2D eigenvalue weighted by Crippen LogP contribution is 2.33. The van der Waals surface area contributed by atoms with Crippen LogP contribution in [-0.4, -0.2) is 5.11 Å². The Morgan fingerprint density at radius 1 is 0.762 bits per heavy atom. The van der Waals surface area contributed by atoms with Crippen LogP contribution in [0.4, 0.5) is 8.78 Å². The Balaban J connectivity index is 2.63. The maximum atomic E-state index is 13.4. The second-order valence-corrected chi connectivity index (χ2v) is 5.61. The Morgan fingerprint density at radius 3 is 1.71 bits per heavy atom. The van der Waals surface area contributed by atoms with Crippen molar-refractivity contribution in [3.05, 3.63) is 68.8 Å². The van der Waals surface area contributed by atoms with Crippen LogP contribution in [0.3, 0.4) is 0 Å². The third-order valence-corrected chi connectivity index (χ3v) is 4.59. The second kappa shape index (κ2) is 5.57. The molecule has 2 aromatic rings. The predicted octanol–water partition coefficient (Wildman–Crippen LogP) is 4.59. The molecular formula is C18H20F2O. The highest BCUT2D eigenvalue weighted by molar-refractivity contribution is 5.52. The van der Waals surface area contributed by atoms with E-state index < -0.39 is 17.7 Å². The molecule has 0 aromatic heterocycles. The van der Waals surface area contributed by atoms with Crippen molar-refractivity contribution in [2.24, 2.45) is 0 Å². The molecule has 2 rings (SSSR count). The van der Waals surface area contributed by atoms with Gasteiger partial charge in [-0.25, -0.2) is 8.78 Å². The lowest BCUT2D eigenvalue weighted by Gasteiger charge is -2.23. The first-order chi connectivity index (χ1) is 9.75. The van der Waals surface area contributed by atoms with Gasteiger partial charge in [-0.1, -0.05) is 6.07 Å². The molecule has 0 amide bonds. The van der Waals surface area contributed by atoms with Crippen LogP contribution < -0.4 is 0 Å². The Kier molecular flexibility index (Phi) is 4.15. The average molecular weight is 290 g/mol. The first-order valence-electron chi connectivity index (χ1n) is 6.95. The third-order valence-electron chi connectivity index (χ3n) is 4.59. The molecule has 3 heteroatoms. The topological polar surface area (TPSA) is 20.2 Å². The van der Waals surface area contributed by atoms with E-state index in [1.807, 2.05) is 27.7 Å². The minimum atomic E-state index is -0.960. The number of hydrogen-bond acceptors (Lipinski definition) is 1. The molecule has 1 nitrogen and oxygen atoms in total. The normalized spacial score (nSPS) is 12.6. The summed E-state index contributed by atoms with van der Waals surface area (Å²) < 4.78 is 26.4. The molecule has 2 aromatic carbocycles. The Morgan fingerprint density at radius 2 is 1.24 bits per heavy atom. The van der Waals surface area contributed by atoms with Crippen molar-refractivity contribution in [3.63, 3.8) is 0 Å². The van der Waals surface area contributed by atoms with Crippen molar-refractivity contribution >= 4 is 0 Å². The third kappa shape index (κ3) is 2.58. The zero-order valence-corrected chi connectivity index (χ0v) is 13.0. The molecule has 0 aliphatic rings. The molecule has 0 saturated heterocycles. The lowest BCUT2D eigenvalue weighted by atomic mass is 9.85. The predicted molar refractivity (Wildman–Crippen MR) is 80.5 cm³/mol. The molecule has 0 bridgehead atoms. The molecule has 1 atom stereocenters. The standard InChI is InChI=1S/C18H20F2O/c1-9-10(2)12(4)17(13(5)11(9)3)18(21)14-6-7-15(19)16(20)8-14/h6-8,18,21H,1-5H3. The second-order valence-electron chi connectivity index (χ2n) is 5.61. The fourth-order valence-corrected chi connectivity index (χ4v) is 2.79. The van der Waals surface area contributed by atoms with Crippen LogP contribution in [0.1, 0.15) is 45.0 Å². The number of benzene rings is 2. The van der Waals surface area contributed by atoms with Crippen LogP contribution in [0.5, 0.6) is 0 Å². The van der Waals surface area contributed by atoms with E-state index in [4.69, 9.17) is 0 Å². The van der Waals surface area contributed by atoms with E-state index in [-0.39, 0.29) is 0 Å². The highest BCUT2D eigenvalue weighted by Gasteiger charge is 2.20. The Hall–Kier alpha value is -1.74. The van der Waals surface area contributed by atoms with Gasteiger partial charge in [-0.3, -0.25) is 0 Å². The minimum Gasteiger partial charge on any atom is -0.384 e. The largest absolute Gasteiger partial charge is 0.384 e. The molecule has 0 radical (unpaired) electrons. The van der Waals surface area contributed by atoms with Crippen molar-refractivity contribution in [3.8, 4) is 0 Å².